The third kappa shape index (κ3) is 5.52. The van der Waals surface area contributed by atoms with Gasteiger partial charge in [0.05, 0.1) is 7.11 Å². The molecule has 0 aliphatic rings. The summed E-state index contributed by atoms with van der Waals surface area (Å²) >= 11 is 0. The van der Waals surface area contributed by atoms with E-state index in [1.54, 1.807) is 7.11 Å². The Hall–Kier alpha value is -0.920. The first-order valence-electron chi connectivity index (χ1n) is 3.85. The molecule has 0 aromatic carbocycles. The van der Waals surface area contributed by atoms with E-state index >= 15 is 0 Å². The lowest BCUT2D eigenvalue weighted by Gasteiger charge is -2.04. The van der Waals surface area contributed by atoms with Gasteiger partial charge >= 0.3 is 0 Å². The Morgan fingerprint density at radius 3 is 2.73 bits per heavy atom. The predicted octanol–water partition coefficient (Wildman–Crippen LogP) is 2.05. The lowest BCUT2D eigenvalue weighted by atomic mass is 10.3. The molecule has 0 radical (unpaired) electrons. The van der Waals surface area contributed by atoms with Crippen LogP contribution in [0.3, 0.4) is 0 Å². The number of hydrogen-bond acceptors (Lipinski definition) is 2. The van der Waals surface area contributed by atoms with Gasteiger partial charge < -0.3 is 10.1 Å². The number of methoxy groups -OCH3 is 1. The van der Waals surface area contributed by atoms with E-state index in [9.17, 15) is 0 Å². The van der Waals surface area contributed by atoms with Gasteiger partial charge in [0.1, 0.15) is 5.76 Å². The van der Waals surface area contributed by atoms with Crippen molar-refractivity contribution in [3.8, 4) is 0 Å². The number of hydrogen-bond donors (Lipinski definition) is 1. The van der Waals surface area contributed by atoms with E-state index in [0.29, 0.717) is 5.76 Å². The molecule has 0 aliphatic heterocycles. The first kappa shape index (κ1) is 10.1. The molecule has 0 saturated heterocycles. The van der Waals surface area contributed by atoms with Crippen LogP contribution < -0.4 is 5.32 Å². The largest absolute Gasteiger partial charge is 0.497 e. The minimum Gasteiger partial charge on any atom is -0.497 e. The van der Waals surface area contributed by atoms with Crippen molar-refractivity contribution in [2.45, 2.75) is 20.3 Å². The van der Waals surface area contributed by atoms with Gasteiger partial charge in [0.2, 0.25) is 0 Å². The minimum atomic E-state index is 0.686. The molecule has 2 nitrogen and oxygen atoms in total. The van der Waals surface area contributed by atoms with E-state index in [2.05, 4.69) is 18.8 Å². The van der Waals surface area contributed by atoms with Crippen LogP contribution in [-0.2, 0) is 4.74 Å². The van der Waals surface area contributed by atoms with Crippen LogP contribution in [-0.4, -0.2) is 13.7 Å². The monoisotopic (exact) mass is 155 g/mol. The van der Waals surface area contributed by atoms with E-state index < -0.39 is 0 Å². The molecule has 0 aromatic heterocycles. The van der Waals surface area contributed by atoms with Crippen molar-refractivity contribution in [1.82, 2.24) is 5.32 Å². The van der Waals surface area contributed by atoms with Crippen LogP contribution in [0, 0.1) is 0 Å². The highest BCUT2D eigenvalue weighted by molar-refractivity contribution is 5.12. The fourth-order valence-electron chi connectivity index (χ4n) is 0.674. The fraction of sp³-hybridized carbons (Fsp3) is 0.556. The van der Waals surface area contributed by atoms with Gasteiger partial charge in [0.25, 0.3) is 0 Å². The van der Waals surface area contributed by atoms with E-state index in [1.165, 1.54) is 0 Å². The highest BCUT2D eigenvalue weighted by Gasteiger charge is 1.88. The fourth-order valence-corrected chi connectivity index (χ4v) is 0.674. The van der Waals surface area contributed by atoms with Crippen LogP contribution in [0.1, 0.15) is 20.3 Å². The summed E-state index contributed by atoms with van der Waals surface area (Å²) < 4.78 is 4.89. The summed E-state index contributed by atoms with van der Waals surface area (Å²) in [6.07, 6.45) is 3.01. The first-order valence-corrected chi connectivity index (χ1v) is 3.85. The first-order chi connectivity index (χ1) is 5.20. The molecule has 0 amide bonds. The van der Waals surface area contributed by atoms with Crippen molar-refractivity contribution >= 4 is 0 Å². The molecule has 0 heterocycles. The van der Waals surface area contributed by atoms with Crippen molar-refractivity contribution in [3.05, 3.63) is 24.1 Å². The summed E-state index contributed by atoms with van der Waals surface area (Å²) in [5, 5.41) is 3.22. The van der Waals surface area contributed by atoms with Crippen molar-refractivity contribution in [3.63, 3.8) is 0 Å². The lowest BCUT2D eigenvalue weighted by Crippen LogP contribution is -2.11. The van der Waals surface area contributed by atoms with Gasteiger partial charge in [-0.1, -0.05) is 13.5 Å². The lowest BCUT2D eigenvalue weighted by molar-refractivity contribution is 0.308. The smallest absolute Gasteiger partial charge is 0.113 e. The van der Waals surface area contributed by atoms with Gasteiger partial charge in [-0.3, -0.25) is 0 Å². The Labute approximate surface area is 68.9 Å². The molecular weight excluding hydrogens is 138 g/mol. The van der Waals surface area contributed by atoms with E-state index in [4.69, 9.17) is 4.74 Å². The molecule has 0 unspecified atom stereocenters. The van der Waals surface area contributed by atoms with Gasteiger partial charge in [-0.05, 0) is 19.4 Å². The maximum Gasteiger partial charge on any atom is 0.113 e. The third-order valence-electron chi connectivity index (χ3n) is 1.29. The van der Waals surface area contributed by atoms with Crippen LogP contribution in [0.2, 0.25) is 0 Å². The van der Waals surface area contributed by atoms with E-state index in [0.717, 1.165) is 18.7 Å². The molecule has 1 N–H and O–H groups in total. The molecule has 0 saturated carbocycles. The Balaban J connectivity index is 3.70. The number of allylic oxidation sites excluding steroid dienone is 2. The Morgan fingerprint density at radius 1 is 1.64 bits per heavy atom. The third-order valence-corrected chi connectivity index (χ3v) is 1.29. The predicted molar refractivity (Wildman–Crippen MR) is 48.2 cm³/mol. The quantitative estimate of drug-likeness (QED) is 0.484. The van der Waals surface area contributed by atoms with Crippen molar-refractivity contribution < 1.29 is 4.74 Å². The summed E-state index contributed by atoms with van der Waals surface area (Å²) in [6, 6.07) is 0. The number of ether oxygens (including phenoxy) is 1. The standard InChI is InChI=1S/C9H17NO/c1-5-6-10-8(2)7-9(3)11-4/h7,10H,3,5-6H2,1-2,4H3/b8-7+. The summed E-state index contributed by atoms with van der Waals surface area (Å²) in [5.41, 5.74) is 1.10. The molecule has 0 aromatic rings. The maximum absolute atomic E-state index is 4.89. The van der Waals surface area contributed by atoms with E-state index in [-0.39, 0.29) is 0 Å². The normalized spacial score (nSPS) is 11.0. The maximum atomic E-state index is 4.89. The van der Waals surface area contributed by atoms with Gasteiger partial charge in [-0.2, -0.15) is 0 Å². The van der Waals surface area contributed by atoms with Crippen molar-refractivity contribution in [1.29, 1.82) is 0 Å². The van der Waals surface area contributed by atoms with E-state index in [1.807, 2.05) is 13.0 Å². The topological polar surface area (TPSA) is 21.3 Å². The Kier molecular flexibility index (Phi) is 5.35. The summed E-state index contributed by atoms with van der Waals surface area (Å²) in [7, 11) is 1.62. The SMILES string of the molecule is C=C(/C=C(\C)NCCC)OC. The zero-order valence-corrected chi connectivity index (χ0v) is 7.61. The second-order valence-electron chi connectivity index (χ2n) is 2.42. The molecule has 0 atom stereocenters. The zero-order chi connectivity index (χ0) is 8.69. The molecule has 0 rings (SSSR count). The summed E-state index contributed by atoms with van der Waals surface area (Å²) in [6.45, 7) is 8.81. The average molecular weight is 155 g/mol. The van der Waals surface area contributed by atoms with Crippen LogP contribution in [0.5, 0.6) is 0 Å². The molecule has 2 heteroatoms. The average Bonchev–Trinajstić information content (AvgIpc) is 2.00. The molecule has 0 aliphatic carbocycles. The van der Waals surface area contributed by atoms with Crippen LogP contribution >= 0.6 is 0 Å². The van der Waals surface area contributed by atoms with Gasteiger partial charge in [0, 0.05) is 12.2 Å². The van der Waals surface area contributed by atoms with Crippen LogP contribution in [0.15, 0.2) is 24.1 Å². The highest BCUT2D eigenvalue weighted by Crippen LogP contribution is 1.96. The molecule has 0 fully saturated rings. The van der Waals surface area contributed by atoms with Crippen LogP contribution in [0.25, 0.3) is 0 Å². The second-order valence-corrected chi connectivity index (χ2v) is 2.42. The van der Waals surface area contributed by atoms with Crippen molar-refractivity contribution in [2.24, 2.45) is 0 Å². The van der Waals surface area contributed by atoms with Gasteiger partial charge in [-0.15, -0.1) is 0 Å². The Morgan fingerprint density at radius 2 is 2.27 bits per heavy atom. The molecular formula is C9H17NO. The minimum absolute atomic E-state index is 0.686. The van der Waals surface area contributed by atoms with Crippen LogP contribution in [0.4, 0.5) is 0 Å². The number of nitrogens with one attached hydrogen (secondary N) is 1. The van der Waals surface area contributed by atoms with Crippen molar-refractivity contribution in [2.75, 3.05) is 13.7 Å². The highest BCUT2D eigenvalue weighted by atomic mass is 16.5. The molecule has 11 heavy (non-hydrogen) atoms. The van der Waals surface area contributed by atoms with Gasteiger partial charge in [0.15, 0.2) is 0 Å². The Bertz CT molecular complexity index is 150. The molecule has 64 valence electrons. The zero-order valence-electron chi connectivity index (χ0n) is 7.61. The number of rotatable bonds is 5. The summed E-state index contributed by atoms with van der Waals surface area (Å²) in [4.78, 5) is 0. The summed E-state index contributed by atoms with van der Waals surface area (Å²) in [5.74, 6) is 0.686. The molecule has 0 bridgehead atoms. The van der Waals surface area contributed by atoms with Gasteiger partial charge in [-0.25, -0.2) is 0 Å². The molecule has 0 spiro atoms. The second kappa shape index (κ2) is 5.83.